The van der Waals surface area contributed by atoms with E-state index in [1.165, 1.54) is 12.8 Å². The van der Waals surface area contributed by atoms with E-state index < -0.39 is 0 Å². The van der Waals surface area contributed by atoms with Gasteiger partial charge < -0.3 is 5.32 Å². The van der Waals surface area contributed by atoms with E-state index in [4.69, 9.17) is 23.2 Å². The van der Waals surface area contributed by atoms with Gasteiger partial charge in [0.15, 0.2) is 0 Å². The predicted octanol–water partition coefficient (Wildman–Crippen LogP) is 4.76. The van der Waals surface area contributed by atoms with Gasteiger partial charge in [0.25, 0.3) is 0 Å². The van der Waals surface area contributed by atoms with Crippen LogP contribution in [-0.2, 0) is 4.79 Å². The van der Waals surface area contributed by atoms with Gasteiger partial charge in [0, 0.05) is 0 Å². The van der Waals surface area contributed by atoms with Gasteiger partial charge in [0.2, 0.25) is 5.91 Å². The molecule has 20 heavy (non-hydrogen) atoms. The minimum atomic E-state index is -0.159. The minimum Gasteiger partial charge on any atom is -0.324 e. The molecule has 0 spiro atoms. The Morgan fingerprint density at radius 2 is 2.10 bits per heavy atom. The first-order chi connectivity index (χ1) is 9.37. The summed E-state index contributed by atoms with van der Waals surface area (Å²) >= 11 is 12.2. The number of hydrogen-bond acceptors (Lipinski definition) is 1. The lowest BCUT2D eigenvalue weighted by atomic mass is 9.21. The zero-order chi connectivity index (χ0) is 14.3. The molecule has 0 aromatic heterocycles. The molecule has 5 saturated carbocycles. The Kier molecular flexibility index (Phi) is 2.29. The maximum Gasteiger partial charge on any atom is 0.231 e. The molecule has 1 N–H and O–H groups in total. The van der Waals surface area contributed by atoms with Gasteiger partial charge >= 0.3 is 0 Å². The summed E-state index contributed by atoms with van der Waals surface area (Å²) in [5.74, 6) is 0.688. The number of halogens is 2. The Balaban J connectivity index is 1.63. The second-order valence-corrected chi connectivity index (χ2v) is 7.83. The van der Waals surface area contributed by atoms with Gasteiger partial charge in [-0.05, 0) is 48.1 Å². The molecule has 6 rings (SSSR count). The number of amides is 1. The molecular weight excluding hydrogens is 293 g/mol. The van der Waals surface area contributed by atoms with Crippen molar-refractivity contribution in [1.82, 2.24) is 0 Å². The summed E-state index contributed by atoms with van der Waals surface area (Å²) in [6, 6.07) is 5.35. The third kappa shape index (κ3) is 1.07. The minimum absolute atomic E-state index is 0.135. The van der Waals surface area contributed by atoms with E-state index in [9.17, 15) is 4.79 Å². The monoisotopic (exact) mass is 309 g/mol. The number of hydrogen-bond donors (Lipinski definition) is 1. The van der Waals surface area contributed by atoms with Crippen LogP contribution in [0.25, 0.3) is 0 Å². The summed E-state index contributed by atoms with van der Waals surface area (Å²) in [4.78, 5) is 12.8. The second kappa shape index (κ2) is 3.53. The number of benzene rings is 1. The largest absolute Gasteiger partial charge is 0.324 e. The predicted molar refractivity (Wildman–Crippen MR) is 81.1 cm³/mol. The van der Waals surface area contributed by atoms with Crippen LogP contribution >= 0.6 is 23.2 Å². The van der Waals surface area contributed by atoms with Crippen molar-refractivity contribution in [2.75, 3.05) is 5.32 Å². The molecule has 1 amide bonds. The van der Waals surface area contributed by atoms with E-state index >= 15 is 0 Å². The van der Waals surface area contributed by atoms with E-state index in [0.29, 0.717) is 27.1 Å². The van der Waals surface area contributed by atoms with Crippen molar-refractivity contribution < 1.29 is 4.79 Å². The highest BCUT2D eigenvalue weighted by Gasteiger charge is 2.91. The standard InChI is InChI=1S/C16H17Cl2NO/c1-14-8-16(11(14)6-7-15(14,16)2)13(20)19-10-5-3-4-9(17)12(10)18/h3-5,11H,6-8H2,1-2H3,(H,19,20)/t11-,14?,15+,16?/m0/s1. The van der Waals surface area contributed by atoms with Gasteiger partial charge in [-0.3, -0.25) is 4.79 Å². The molecule has 0 heterocycles. The summed E-state index contributed by atoms with van der Waals surface area (Å²) in [6.07, 6.45) is 3.37. The van der Waals surface area contributed by atoms with E-state index in [1.54, 1.807) is 6.07 Å². The second-order valence-electron chi connectivity index (χ2n) is 7.04. The summed E-state index contributed by atoms with van der Waals surface area (Å²) in [7, 11) is 0. The molecule has 5 aliphatic rings. The quantitative estimate of drug-likeness (QED) is 0.838. The van der Waals surface area contributed by atoms with Crippen LogP contribution in [0.1, 0.15) is 33.1 Å². The first-order valence-electron chi connectivity index (χ1n) is 7.12. The van der Waals surface area contributed by atoms with Gasteiger partial charge in [-0.25, -0.2) is 0 Å². The van der Waals surface area contributed by atoms with Crippen molar-refractivity contribution in [2.45, 2.75) is 33.1 Å². The van der Waals surface area contributed by atoms with Crippen LogP contribution in [0.2, 0.25) is 10.0 Å². The van der Waals surface area contributed by atoms with Crippen LogP contribution in [-0.4, -0.2) is 5.91 Å². The van der Waals surface area contributed by atoms with Gasteiger partial charge in [-0.15, -0.1) is 0 Å². The van der Waals surface area contributed by atoms with Crippen LogP contribution in [0, 0.1) is 22.2 Å². The van der Waals surface area contributed by atoms with Crippen LogP contribution < -0.4 is 5.32 Å². The highest BCUT2D eigenvalue weighted by molar-refractivity contribution is 6.44. The zero-order valence-electron chi connectivity index (χ0n) is 11.6. The Morgan fingerprint density at radius 1 is 1.35 bits per heavy atom. The highest BCUT2D eigenvalue weighted by atomic mass is 35.5. The Morgan fingerprint density at radius 3 is 2.70 bits per heavy atom. The fourth-order valence-corrected chi connectivity index (χ4v) is 5.90. The van der Waals surface area contributed by atoms with Crippen molar-refractivity contribution in [3.8, 4) is 0 Å². The number of nitrogens with one attached hydrogen (secondary N) is 1. The molecule has 4 heteroatoms. The normalized spacial score (nSPS) is 43.7. The molecule has 1 aromatic rings. The van der Waals surface area contributed by atoms with Crippen LogP contribution in [0.5, 0.6) is 0 Å². The maximum absolute atomic E-state index is 12.8. The number of carbonyl (C=O) groups is 1. The first-order valence-corrected chi connectivity index (χ1v) is 7.88. The Bertz CT molecular complexity index is 645. The molecule has 2 nitrogen and oxygen atoms in total. The molecule has 5 fully saturated rings. The molecular formula is C16H17Cl2NO. The molecule has 0 radical (unpaired) electrons. The zero-order valence-corrected chi connectivity index (χ0v) is 13.1. The molecule has 5 aliphatic carbocycles. The van der Waals surface area contributed by atoms with Gasteiger partial charge in [-0.1, -0.05) is 43.1 Å². The smallest absolute Gasteiger partial charge is 0.231 e. The third-order valence-corrected chi connectivity index (χ3v) is 7.61. The van der Waals surface area contributed by atoms with Gasteiger partial charge in [-0.2, -0.15) is 0 Å². The van der Waals surface area contributed by atoms with E-state index in [-0.39, 0.29) is 16.7 Å². The lowest BCUT2D eigenvalue weighted by molar-refractivity contribution is -0.326. The first kappa shape index (κ1) is 13.0. The lowest BCUT2D eigenvalue weighted by Crippen LogP contribution is -2.81. The summed E-state index contributed by atoms with van der Waals surface area (Å²) in [5, 5.41) is 3.92. The van der Waals surface area contributed by atoms with E-state index in [1.807, 2.05) is 12.1 Å². The SMILES string of the molecule is CC12CC3(C(=O)Nc4cccc(Cl)c4Cl)[C@H]1CC[C@]23C. The molecule has 4 atom stereocenters. The number of fused-ring (bicyclic) bond motifs is 1. The highest BCUT2D eigenvalue weighted by Crippen LogP contribution is 2.93. The van der Waals surface area contributed by atoms with Crippen molar-refractivity contribution in [3.05, 3.63) is 28.2 Å². The summed E-state index contributed by atoms with van der Waals surface area (Å²) < 4.78 is 0. The van der Waals surface area contributed by atoms with Crippen LogP contribution in [0.15, 0.2) is 18.2 Å². The van der Waals surface area contributed by atoms with Crippen molar-refractivity contribution in [2.24, 2.45) is 22.2 Å². The van der Waals surface area contributed by atoms with E-state index in [2.05, 4.69) is 19.2 Å². The summed E-state index contributed by atoms with van der Waals surface area (Å²) in [5.41, 5.74) is 1.04. The molecule has 1 aromatic carbocycles. The van der Waals surface area contributed by atoms with E-state index in [0.717, 1.165) is 6.42 Å². The summed E-state index contributed by atoms with van der Waals surface area (Å²) in [6.45, 7) is 4.62. The molecule has 0 saturated heterocycles. The molecule has 0 aliphatic heterocycles. The average Bonchev–Trinajstić information content (AvgIpc) is 2.78. The molecule has 106 valence electrons. The fraction of sp³-hybridized carbons (Fsp3) is 0.562. The van der Waals surface area contributed by atoms with Crippen molar-refractivity contribution >= 4 is 34.8 Å². The Hall–Kier alpha value is -0.730. The molecule has 4 bridgehead atoms. The van der Waals surface area contributed by atoms with Gasteiger partial charge in [0.05, 0.1) is 21.1 Å². The topological polar surface area (TPSA) is 29.1 Å². The number of anilines is 1. The number of carbonyl (C=O) groups excluding carboxylic acids is 1. The Labute approximate surface area is 128 Å². The maximum atomic E-state index is 12.8. The number of rotatable bonds is 2. The van der Waals surface area contributed by atoms with Gasteiger partial charge in [0.1, 0.15) is 0 Å². The fourth-order valence-electron chi connectivity index (χ4n) is 5.55. The average molecular weight is 310 g/mol. The third-order valence-electron chi connectivity index (χ3n) is 6.79. The lowest BCUT2D eigenvalue weighted by Gasteiger charge is -2.81. The van der Waals surface area contributed by atoms with Crippen molar-refractivity contribution in [3.63, 3.8) is 0 Å². The van der Waals surface area contributed by atoms with Crippen LogP contribution in [0.4, 0.5) is 5.69 Å². The van der Waals surface area contributed by atoms with Crippen LogP contribution in [0.3, 0.4) is 0 Å². The molecule has 2 unspecified atom stereocenters. The van der Waals surface area contributed by atoms with Crippen molar-refractivity contribution in [1.29, 1.82) is 0 Å².